The van der Waals surface area contributed by atoms with Crippen molar-refractivity contribution in [1.82, 2.24) is 9.55 Å². The number of nitrogens with two attached hydrogens (primary N) is 1. The minimum Gasteiger partial charge on any atom is -0.396 e. The van der Waals surface area contributed by atoms with E-state index in [4.69, 9.17) is 10.8 Å². The molecule has 0 aliphatic heterocycles. The molecule has 1 aliphatic rings. The van der Waals surface area contributed by atoms with Crippen molar-refractivity contribution in [3.63, 3.8) is 0 Å². The summed E-state index contributed by atoms with van der Waals surface area (Å²) in [6, 6.07) is -0.259. The zero-order valence-electron chi connectivity index (χ0n) is 10.9. The minimum atomic E-state index is -0.651. The smallest absolute Gasteiger partial charge is 0.328 e. The number of aromatic nitrogens is 2. The van der Waals surface area contributed by atoms with E-state index in [9.17, 15) is 14.7 Å². The lowest BCUT2D eigenvalue weighted by molar-refractivity contribution is 0.0906. The molecule has 0 bridgehead atoms. The van der Waals surface area contributed by atoms with E-state index < -0.39 is 17.4 Å². The van der Waals surface area contributed by atoms with E-state index in [1.54, 1.807) is 0 Å². The average Bonchev–Trinajstić information content (AvgIpc) is 2.79. The van der Waals surface area contributed by atoms with Gasteiger partial charge in [0.15, 0.2) is 0 Å². The molecule has 1 aliphatic carbocycles. The highest BCUT2D eigenvalue weighted by atomic mass is 16.3. The molecule has 1 heterocycles. The van der Waals surface area contributed by atoms with Crippen molar-refractivity contribution in [3.05, 3.63) is 32.6 Å². The van der Waals surface area contributed by atoms with Crippen LogP contribution in [0.2, 0.25) is 0 Å². The van der Waals surface area contributed by atoms with Crippen molar-refractivity contribution >= 4 is 0 Å². The number of aliphatic hydroxyl groups is 2. The number of aliphatic hydroxyl groups excluding tert-OH is 2. The van der Waals surface area contributed by atoms with Crippen LogP contribution in [0.1, 0.15) is 24.4 Å². The lowest BCUT2D eigenvalue weighted by Crippen LogP contribution is -2.33. The summed E-state index contributed by atoms with van der Waals surface area (Å²) < 4.78 is 1.36. The van der Waals surface area contributed by atoms with Crippen molar-refractivity contribution in [2.45, 2.75) is 25.0 Å². The molecule has 108 valence electrons. The van der Waals surface area contributed by atoms with Gasteiger partial charge in [-0.2, -0.15) is 0 Å². The van der Waals surface area contributed by atoms with Crippen LogP contribution in [-0.4, -0.2) is 39.0 Å². The summed E-state index contributed by atoms with van der Waals surface area (Å²) in [5.74, 6) is 4.92. The Bertz CT molecular complexity index is 652. The van der Waals surface area contributed by atoms with Crippen LogP contribution >= 0.6 is 0 Å². The van der Waals surface area contributed by atoms with Crippen LogP contribution in [0.5, 0.6) is 0 Å². The first-order chi connectivity index (χ1) is 9.56. The molecule has 1 saturated carbocycles. The molecule has 0 amide bonds. The van der Waals surface area contributed by atoms with Crippen LogP contribution in [0.25, 0.3) is 0 Å². The maximum atomic E-state index is 11.8. The Morgan fingerprint density at radius 2 is 2.20 bits per heavy atom. The average molecular weight is 279 g/mol. The number of H-pyrrole nitrogens is 1. The predicted octanol–water partition coefficient (Wildman–Crippen LogP) is -1.85. The fourth-order valence-electron chi connectivity index (χ4n) is 2.49. The second kappa shape index (κ2) is 6.05. The van der Waals surface area contributed by atoms with Crippen LogP contribution in [0, 0.1) is 17.8 Å². The zero-order valence-corrected chi connectivity index (χ0v) is 10.9. The molecule has 1 aromatic heterocycles. The van der Waals surface area contributed by atoms with Gasteiger partial charge in [0.05, 0.1) is 12.6 Å². The van der Waals surface area contributed by atoms with Gasteiger partial charge < -0.3 is 15.9 Å². The highest BCUT2D eigenvalue weighted by Gasteiger charge is 2.34. The van der Waals surface area contributed by atoms with Crippen molar-refractivity contribution in [2.24, 2.45) is 11.7 Å². The van der Waals surface area contributed by atoms with Crippen molar-refractivity contribution < 1.29 is 10.2 Å². The molecule has 1 aromatic rings. The van der Waals surface area contributed by atoms with Crippen molar-refractivity contribution in [3.8, 4) is 11.8 Å². The number of aromatic amines is 1. The summed E-state index contributed by atoms with van der Waals surface area (Å²) in [6.45, 7) is -0.0110. The maximum Gasteiger partial charge on any atom is 0.328 e. The van der Waals surface area contributed by atoms with Gasteiger partial charge in [0.2, 0.25) is 0 Å². The third kappa shape index (κ3) is 2.82. The van der Waals surface area contributed by atoms with Gasteiger partial charge in [0.1, 0.15) is 5.56 Å². The van der Waals surface area contributed by atoms with Crippen LogP contribution in [0.4, 0.5) is 0 Å². The summed E-state index contributed by atoms with van der Waals surface area (Å²) >= 11 is 0. The van der Waals surface area contributed by atoms with Crippen LogP contribution in [-0.2, 0) is 0 Å². The molecule has 1 fully saturated rings. The predicted molar refractivity (Wildman–Crippen MR) is 72.1 cm³/mol. The molecule has 0 saturated heterocycles. The molecule has 3 atom stereocenters. The monoisotopic (exact) mass is 279 g/mol. The van der Waals surface area contributed by atoms with E-state index in [1.807, 2.05) is 0 Å². The third-order valence-electron chi connectivity index (χ3n) is 3.55. The number of rotatable bonds is 2. The Morgan fingerprint density at radius 3 is 2.80 bits per heavy atom. The Morgan fingerprint density at radius 1 is 1.45 bits per heavy atom. The standard InChI is InChI=1S/C13H17N3O4/c14-3-1-2-8-6-16(13(20)15-12(8)19)10-4-9(7-17)11(18)5-10/h6,9-11,17-18H,3-5,7,14H2,(H,15,19,20)/t9-,10-,11+/m1/s1. The zero-order chi connectivity index (χ0) is 14.7. The van der Waals surface area contributed by atoms with Gasteiger partial charge >= 0.3 is 5.69 Å². The molecule has 0 spiro atoms. The first kappa shape index (κ1) is 14.5. The Hall–Kier alpha value is -1.88. The lowest BCUT2D eigenvalue weighted by Gasteiger charge is -2.13. The number of hydrogen-bond donors (Lipinski definition) is 4. The molecule has 20 heavy (non-hydrogen) atoms. The van der Waals surface area contributed by atoms with Gasteiger partial charge in [-0.05, 0) is 12.8 Å². The van der Waals surface area contributed by atoms with E-state index in [-0.39, 0.29) is 30.7 Å². The maximum absolute atomic E-state index is 11.8. The van der Waals surface area contributed by atoms with Gasteiger partial charge in [0.25, 0.3) is 5.56 Å². The molecule has 2 rings (SSSR count). The second-order valence-corrected chi connectivity index (χ2v) is 4.85. The van der Waals surface area contributed by atoms with E-state index in [0.717, 1.165) is 0 Å². The van der Waals surface area contributed by atoms with E-state index in [2.05, 4.69) is 16.8 Å². The Kier molecular flexibility index (Phi) is 4.39. The highest BCUT2D eigenvalue weighted by molar-refractivity contribution is 5.30. The van der Waals surface area contributed by atoms with Crippen molar-refractivity contribution in [1.29, 1.82) is 0 Å². The summed E-state index contributed by atoms with van der Waals surface area (Å²) in [5, 5.41) is 18.9. The fourth-order valence-corrected chi connectivity index (χ4v) is 2.49. The van der Waals surface area contributed by atoms with Crippen LogP contribution < -0.4 is 17.0 Å². The lowest BCUT2D eigenvalue weighted by atomic mass is 10.1. The quantitative estimate of drug-likeness (QED) is 0.474. The Labute approximate surface area is 115 Å². The minimum absolute atomic E-state index is 0.118. The largest absolute Gasteiger partial charge is 0.396 e. The molecule has 7 heteroatoms. The first-order valence-corrected chi connectivity index (χ1v) is 6.40. The molecule has 0 aromatic carbocycles. The fraction of sp³-hybridized carbons (Fsp3) is 0.538. The van der Waals surface area contributed by atoms with Gasteiger partial charge in [-0.3, -0.25) is 14.3 Å². The van der Waals surface area contributed by atoms with Gasteiger partial charge in [0, 0.05) is 24.8 Å². The number of nitrogens with one attached hydrogen (secondary N) is 1. The van der Waals surface area contributed by atoms with E-state index >= 15 is 0 Å². The first-order valence-electron chi connectivity index (χ1n) is 6.40. The van der Waals surface area contributed by atoms with Gasteiger partial charge in [-0.1, -0.05) is 11.8 Å². The normalized spacial score (nSPS) is 25.2. The molecular weight excluding hydrogens is 262 g/mol. The molecule has 0 unspecified atom stereocenters. The van der Waals surface area contributed by atoms with Gasteiger partial charge in [-0.15, -0.1) is 0 Å². The van der Waals surface area contributed by atoms with Crippen LogP contribution in [0.15, 0.2) is 15.8 Å². The summed E-state index contributed by atoms with van der Waals surface area (Å²) in [6.07, 6.45) is 1.58. The van der Waals surface area contributed by atoms with Crippen LogP contribution in [0.3, 0.4) is 0 Å². The molecule has 0 radical (unpaired) electrons. The molecule has 7 nitrogen and oxygen atoms in total. The van der Waals surface area contributed by atoms with E-state index in [0.29, 0.717) is 12.8 Å². The van der Waals surface area contributed by atoms with Crippen molar-refractivity contribution in [2.75, 3.05) is 13.2 Å². The number of nitrogens with zero attached hydrogens (tertiary/aromatic N) is 1. The third-order valence-corrected chi connectivity index (χ3v) is 3.55. The summed E-state index contributed by atoms with van der Waals surface area (Å²) in [5.41, 5.74) is 4.33. The SMILES string of the molecule is NCC#Cc1cn([C@@H]2C[C@H](CO)[C@@H](O)C2)c(=O)[nH]c1=O. The molecular formula is C13H17N3O4. The number of hydrogen-bond acceptors (Lipinski definition) is 5. The summed E-state index contributed by atoms with van der Waals surface area (Å²) in [4.78, 5) is 25.6. The van der Waals surface area contributed by atoms with E-state index in [1.165, 1.54) is 10.8 Å². The topological polar surface area (TPSA) is 121 Å². The second-order valence-electron chi connectivity index (χ2n) is 4.85. The molecule has 5 N–H and O–H groups in total. The van der Waals surface area contributed by atoms with Gasteiger partial charge in [-0.25, -0.2) is 4.79 Å². The Balaban J connectivity index is 2.38. The highest BCUT2D eigenvalue weighted by Crippen LogP contribution is 2.33. The summed E-state index contributed by atoms with van der Waals surface area (Å²) in [7, 11) is 0.